The molecule has 1 atom stereocenters. The topological polar surface area (TPSA) is 23.6 Å². The largest absolute Gasteiger partial charge is 0.303 e. The van der Waals surface area contributed by atoms with Gasteiger partial charge in [0, 0.05) is 13.0 Å². The van der Waals surface area contributed by atoms with E-state index in [2.05, 4.69) is 9.80 Å². The van der Waals surface area contributed by atoms with Crippen LogP contribution in [0.25, 0.3) is 0 Å². The molecule has 2 rings (SSSR count). The van der Waals surface area contributed by atoms with Crippen molar-refractivity contribution < 1.29 is 4.79 Å². The molecule has 0 aliphatic carbocycles. The molecule has 0 aromatic heterocycles. The van der Waals surface area contributed by atoms with Crippen LogP contribution in [0, 0.1) is 0 Å². The molecule has 0 radical (unpaired) electrons. The third-order valence-electron chi connectivity index (χ3n) is 3.91. The third-order valence-corrected chi connectivity index (χ3v) is 3.91. The quantitative estimate of drug-likeness (QED) is 0.526. The maximum atomic E-state index is 10.3. The van der Waals surface area contributed by atoms with Crippen molar-refractivity contribution in [1.82, 2.24) is 9.80 Å². The monoisotopic (exact) mass is 224 g/mol. The summed E-state index contributed by atoms with van der Waals surface area (Å²) in [4.78, 5) is 15.6. The molecule has 3 nitrogen and oxygen atoms in total. The summed E-state index contributed by atoms with van der Waals surface area (Å²) in [6.07, 6.45) is 10.3. The van der Waals surface area contributed by atoms with Crippen LogP contribution in [0.3, 0.4) is 0 Å². The van der Waals surface area contributed by atoms with Crippen molar-refractivity contribution in [2.24, 2.45) is 0 Å². The standard InChI is InChI=1S/C13H24N2O/c16-12-5-4-10-15-11-6-7-13(15)14-8-2-1-3-9-14/h12-13H,1-11H2. The van der Waals surface area contributed by atoms with E-state index in [1.165, 1.54) is 51.7 Å². The van der Waals surface area contributed by atoms with Gasteiger partial charge in [0.15, 0.2) is 0 Å². The van der Waals surface area contributed by atoms with Crippen LogP contribution in [-0.2, 0) is 4.79 Å². The second-order valence-electron chi connectivity index (χ2n) is 5.06. The smallest absolute Gasteiger partial charge is 0.120 e. The molecule has 0 spiro atoms. The zero-order valence-electron chi connectivity index (χ0n) is 10.2. The first-order chi connectivity index (χ1) is 7.92. The molecule has 0 aromatic rings. The van der Waals surface area contributed by atoms with Gasteiger partial charge in [-0.1, -0.05) is 6.42 Å². The van der Waals surface area contributed by atoms with Gasteiger partial charge >= 0.3 is 0 Å². The Morgan fingerprint density at radius 2 is 1.88 bits per heavy atom. The van der Waals surface area contributed by atoms with Crippen LogP contribution >= 0.6 is 0 Å². The van der Waals surface area contributed by atoms with Gasteiger partial charge in [0.2, 0.25) is 0 Å². The van der Waals surface area contributed by atoms with Crippen LogP contribution in [0.2, 0.25) is 0 Å². The number of hydrogen-bond donors (Lipinski definition) is 0. The number of hydrogen-bond acceptors (Lipinski definition) is 3. The molecule has 2 fully saturated rings. The van der Waals surface area contributed by atoms with Crippen molar-refractivity contribution in [2.45, 2.75) is 51.1 Å². The van der Waals surface area contributed by atoms with Gasteiger partial charge in [0.1, 0.15) is 6.29 Å². The Labute approximate surface area is 98.8 Å². The zero-order valence-corrected chi connectivity index (χ0v) is 10.2. The van der Waals surface area contributed by atoms with Gasteiger partial charge in [0.05, 0.1) is 6.17 Å². The van der Waals surface area contributed by atoms with Gasteiger partial charge in [-0.2, -0.15) is 0 Å². The Balaban J connectivity index is 1.79. The number of rotatable bonds is 5. The second-order valence-corrected chi connectivity index (χ2v) is 5.06. The molecule has 0 bridgehead atoms. The summed E-state index contributed by atoms with van der Waals surface area (Å²) in [5, 5.41) is 0. The van der Waals surface area contributed by atoms with E-state index in [0.29, 0.717) is 6.17 Å². The molecular weight excluding hydrogens is 200 g/mol. The molecule has 0 saturated carbocycles. The van der Waals surface area contributed by atoms with Crippen molar-refractivity contribution in [3.05, 3.63) is 0 Å². The fourth-order valence-corrected chi connectivity index (χ4v) is 3.08. The van der Waals surface area contributed by atoms with Gasteiger partial charge in [-0.3, -0.25) is 9.80 Å². The Morgan fingerprint density at radius 3 is 2.62 bits per heavy atom. The number of carbonyl (C=O) groups excluding carboxylic acids is 1. The summed E-state index contributed by atoms with van der Waals surface area (Å²) in [6, 6.07) is 0. The minimum absolute atomic E-state index is 0.687. The molecule has 0 N–H and O–H groups in total. The fraction of sp³-hybridized carbons (Fsp3) is 0.923. The Morgan fingerprint density at radius 1 is 1.06 bits per heavy atom. The maximum absolute atomic E-state index is 10.3. The lowest BCUT2D eigenvalue weighted by molar-refractivity contribution is -0.108. The zero-order chi connectivity index (χ0) is 11.2. The van der Waals surface area contributed by atoms with Crippen molar-refractivity contribution >= 4 is 6.29 Å². The molecule has 1 unspecified atom stereocenters. The number of piperidine rings is 1. The van der Waals surface area contributed by atoms with Crippen LogP contribution in [0.1, 0.15) is 44.9 Å². The maximum Gasteiger partial charge on any atom is 0.120 e. The van der Waals surface area contributed by atoms with Gasteiger partial charge in [0.25, 0.3) is 0 Å². The highest BCUT2D eigenvalue weighted by Gasteiger charge is 2.29. The Bertz CT molecular complexity index is 214. The summed E-state index contributed by atoms with van der Waals surface area (Å²) in [5.41, 5.74) is 0. The van der Waals surface area contributed by atoms with E-state index in [0.717, 1.165) is 25.7 Å². The van der Waals surface area contributed by atoms with Crippen LogP contribution in [0.5, 0.6) is 0 Å². The van der Waals surface area contributed by atoms with Crippen molar-refractivity contribution in [1.29, 1.82) is 0 Å². The summed E-state index contributed by atoms with van der Waals surface area (Å²) < 4.78 is 0. The molecule has 2 aliphatic heterocycles. The average molecular weight is 224 g/mol. The first-order valence-corrected chi connectivity index (χ1v) is 6.83. The highest BCUT2D eigenvalue weighted by molar-refractivity contribution is 5.49. The lowest BCUT2D eigenvalue weighted by atomic mass is 10.1. The van der Waals surface area contributed by atoms with Crippen molar-refractivity contribution in [3.63, 3.8) is 0 Å². The molecule has 2 heterocycles. The van der Waals surface area contributed by atoms with Crippen LogP contribution in [-0.4, -0.2) is 48.4 Å². The number of carbonyl (C=O) groups is 1. The van der Waals surface area contributed by atoms with E-state index in [9.17, 15) is 4.79 Å². The van der Waals surface area contributed by atoms with Crippen molar-refractivity contribution in [3.8, 4) is 0 Å². The average Bonchev–Trinajstić information content (AvgIpc) is 2.79. The summed E-state index contributed by atoms with van der Waals surface area (Å²) in [6.45, 7) is 4.92. The van der Waals surface area contributed by atoms with E-state index in [1.807, 2.05) is 0 Å². The first kappa shape index (κ1) is 12.1. The molecule has 0 amide bonds. The van der Waals surface area contributed by atoms with Gasteiger partial charge in [-0.05, 0) is 51.7 Å². The second kappa shape index (κ2) is 6.36. The molecule has 2 saturated heterocycles. The number of likely N-dealkylation sites (tertiary alicyclic amines) is 2. The van der Waals surface area contributed by atoms with E-state index in [1.54, 1.807) is 0 Å². The molecular formula is C13H24N2O. The number of nitrogens with zero attached hydrogens (tertiary/aromatic N) is 2. The minimum atomic E-state index is 0.687. The number of unbranched alkanes of at least 4 members (excludes halogenated alkanes) is 1. The molecule has 2 aliphatic rings. The van der Waals surface area contributed by atoms with Crippen LogP contribution in [0.4, 0.5) is 0 Å². The Hall–Kier alpha value is -0.410. The highest BCUT2D eigenvalue weighted by atomic mass is 16.1. The van der Waals surface area contributed by atoms with Crippen LogP contribution in [0.15, 0.2) is 0 Å². The van der Waals surface area contributed by atoms with E-state index >= 15 is 0 Å². The van der Waals surface area contributed by atoms with Gasteiger partial charge in [-0.25, -0.2) is 0 Å². The van der Waals surface area contributed by atoms with Gasteiger partial charge < -0.3 is 4.79 Å². The SMILES string of the molecule is O=CCCCN1CCCC1N1CCCCC1. The van der Waals surface area contributed by atoms with Gasteiger partial charge in [-0.15, -0.1) is 0 Å². The van der Waals surface area contributed by atoms with E-state index in [-0.39, 0.29) is 0 Å². The minimum Gasteiger partial charge on any atom is -0.303 e. The summed E-state index contributed by atoms with van der Waals surface area (Å²) in [5.74, 6) is 0. The third kappa shape index (κ3) is 3.05. The van der Waals surface area contributed by atoms with Crippen LogP contribution < -0.4 is 0 Å². The van der Waals surface area contributed by atoms with E-state index in [4.69, 9.17) is 0 Å². The highest BCUT2D eigenvalue weighted by Crippen LogP contribution is 2.24. The molecule has 16 heavy (non-hydrogen) atoms. The summed E-state index contributed by atoms with van der Waals surface area (Å²) in [7, 11) is 0. The molecule has 92 valence electrons. The van der Waals surface area contributed by atoms with E-state index < -0.39 is 0 Å². The molecule has 3 heteroatoms. The molecule has 0 aromatic carbocycles. The summed E-state index contributed by atoms with van der Waals surface area (Å²) >= 11 is 0. The normalized spacial score (nSPS) is 28.4. The van der Waals surface area contributed by atoms with Crippen molar-refractivity contribution in [2.75, 3.05) is 26.2 Å². The predicted molar refractivity (Wildman–Crippen MR) is 65.3 cm³/mol. The predicted octanol–water partition coefficient (Wildman–Crippen LogP) is 1.87. The lowest BCUT2D eigenvalue weighted by Gasteiger charge is -2.37. The first-order valence-electron chi connectivity index (χ1n) is 6.83. The lowest BCUT2D eigenvalue weighted by Crippen LogP contribution is -2.47. The number of aldehydes is 1. The Kier molecular flexibility index (Phi) is 4.79. The fourth-order valence-electron chi connectivity index (χ4n) is 3.08.